The Morgan fingerprint density at radius 3 is 2.59 bits per heavy atom. The van der Waals surface area contributed by atoms with Crippen LogP contribution in [0.25, 0.3) is 0 Å². The maximum atomic E-state index is 10.9. The third kappa shape index (κ3) is 5.18. The molecule has 0 aromatic carbocycles. The van der Waals surface area contributed by atoms with Crippen molar-refractivity contribution in [1.29, 1.82) is 0 Å². The lowest BCUT2D eigenvalue weighted by Gasteiger charge is -2.44. The molecule has 0 radical (unpaired) electrons. The van der Waals surface area contributed by atoms with Crippen LogP contribution in [0.4, 0.5) is 0 Å². The molecule has 0 heterocycles. The second kappa shape index (κ2) is 10.4. The Kier molecular flexibility index (Phi) is 7.96. The zero-order valence-electron chi connectivity index (χ0n) is 21.8. The summed E-state index contributed by atoms with van der Waals surface area (Å²) in [4.78, 5) is 0. The van der Waals surface area contributed by atoms with Gasteiger partial charge in [0.2, 0.25) is 0 Å². The summed E-state index contributed by atoms with van der Waals surface area (Å²) in [6, 6.07) is 0. The van der Waals surface area contributed by atoms with Crippen LogP contribution in [0.15, 0.2) is 47.6 Å². The Bertz CT molecular complexity index is 832. The molecule has 0 aliphatic heterocycles. The van der Waals surface area contributed by atoms with Crippen LogP contribution in [-0.4, -0.2) is 33.6 Å². The van der Waals surface area contributed by atoms with E-state index >= 15 is 0 Å². The van der Waals surface area contributed by atoms with Crippen molar-refractivity contribution in [2.75, 3.05) is 0 Å². The zero-order valence-corrected chi connectivity index (χ0v) is 21.8. The first kappa shape index (κ1) is 25.9. The quantitative estimate of drug-likeness (QED) is 0.349. The summed E-state index contributed by atoms with van der Waals surface area (Å²) < 4.78 is 0. The van der Waals surface area contributed by atoms with Gasteiger partial charge in [-0.05, 0) is 97.5 Å². The predicted octanol–water partition coefficient (Wildman–Crippen LogP) is 6.65. The molecule has 0 spiro atoms. The third-order valence-corrected chi connectivity index (χ3v) is 10.1. The van der Waals surface area contributed by atoms with Crippen molar-refractivity contribution in [3.05, 3.63) is 47.6 Å². The minimum Gasteiger partial charge on any atom is -0.393 e. The highest BCUT2D eigenvalue weighted by Crippen LogP contribution is 2.60. The molecule has 4 aliphatic rings. The topological polar surface area (TPSA) is 60.7 Å². The van der Waals surface area contributed by atoms with Crippen molar-refractivity contribution in [3.63, 3.8) is 0 Å². The van der Waals surface area contributed by atoms with E-state index in [9.17, 15) is 15.3 Å². The molecule has 4 saturated carbocycles. The molecule has 3 heteroatoms. The van der Waals surface area contributed by atoms with Crippen LogP contribution < -0.4 is 0 Å². The van der Waals surface area contributed by atoms with Crippen molar-refractivity contribution in [1.82, 2.24) is 0 Å². The van der Waals surface area contributed by atoms with E-state index in [2.05, 4.69) is 51.7 Å². The van der Waals surface area contributed by atoms with E-state index in [1.807, 2.05) is 0 Å². The standard InChI is InChI=1S/C31H48O3/c1-5-6-16-31(17-18-31)29(34)14-9-21(2)26-12-13-27-23(8-7-15-30(26,27)4)10-11-24-19-25(32)20-28(33)22(24)3/h9-11,14,21,25-29,32-34H,3,5-8,12-13,15-20H2,1-2,4H3/t21-,25-,26-,27+,28+,29+,30-/m1/s1. The fourth-order valence-corrected chi connectivity index (χ4v) is 7.61. The van der Waals surface area contributed by atoms with Gasteiger partial charge in [-0.3, -0.25) is 0 Å². The number of hydrogen-bond acceptors (Lipinski definition) is 3. The van der Waals surface area contributed by atoms with Crippen LogP contribution in [0.3, 0.4) is 0 Å². The van der Waals surface area contributed by atoms with E-state index in [0.29, 0.717) is 36.0 Å². The third-order valence-electron chi connectivity index (χ3n) is 10.1. The lowest BCUT2D eigenvalue weighted by Crippen LogP contribution is -2.35. The predicted molar refractivity (Wildman–Crippen MR) is 140 cm³/mol. The van der Waals surface area contributed by atoms with Gasteiger partial charge in [-0.1, -0.05) is 70.1 Å². The van der Waals surface area contributed by atoms with E-state index in [4.69, 9.17) is 0 Å². The Hall–Kier alpha value is -1.16. The van der Waals surface area contributed by atoms with Gasteiger partial charge < -0.3 is 15.3 Å². The molecule has 4 fully saturated rings. The highest BCUT2D eigenvalue weighted by Gasteiger charge is 2.51. The van der Waals surface area contributed by atoms with Crippen molar-refractivity contribution in [2.24, 2.45) is 28.6 Å². The summed E-state index contributed by atoms with van der Waals surface area (Å²) in [5.41, 5.74) is 3.79. The molecule has 7 atom stereocenters. The molecule has 190 valence electrons. The molecular weight excluding hydrogens is 420 g/mol. The largest absolute Gasteiger partial charge is 0.393 e. The first-order valence-corrected chi connectivity index (χ1v) is 14.0. The number of rotatable bonds is 8. The monoisotopic (exact) mass is 468 g/mol. The van der Waals surface area contributed by atoms with Crippen LogP contribution in [0.1, 0.15) is 97.8 Å². The first-order chi connectivity index (χ1) is 16.2. The smallest absolute Gasteiger partial charge is 0.0811 e. The van der Waals surface area contributed by atoms with Gasteiger partial charge in [-0.2, -0.15) is 0 Å². The number of aliphatic hydroxyl groups is 3. The number of fused-ring (bicyclic) bond motifs is 1. The molecule has 0 unspecified atom stereocenters. The van der Waals surface area contributed by atoms with Gasteiger partial charge in [-0.25, -0.2) is 0 Å². The molecule has 0 aromatic rings. The number of aliphatic hydroxyl groups excluding tert-OH is 3. The van der Waals surface area contributed by atoms with Crippen molar-refractivity contribution in [3.8, 4) is 0 Å². The van der Waals surface area contributed by atoms with E-state index in [1.54, 1.807) is 5.57 Å². The maximum Gasteiger partial charge on any atom is 0.0811 e. The molecule has 0 aromatic heterocycles. The Labute approximate surface area is 207 Å². The van der Waals surface area contributed by atoms with E-state index in [-0.39, 0.29) is 11.5 Å². The lowest BCUT2D eigenvalue weighted by atomic mass is 9.61. The van der Waals surface area contributed by atoms with Crippen LogP contribution in [0, 0.1) is 28.6 Å². The van der Waals surface area contributed by atoms with E-state index in [1.165, 1.54) is 51.4 Å². The summed E-state index contributed by atoms with van der Waals surface area (Å²) in [7, 11) is 0. The molecule has 4 rings (SSSR count). The average molecular weight is 469 g/mol. The Balaban J connectivity index is 1.44. The number of unbranched alkanes of at least 4 members (excludes halogenated alkanes) is 1. The summed E-state index contributed by atoms with van der Waals surface area (Å²) >= 11 is 0. The fraction of sp³-hybridized carbons (Fsp3) is 0.742. The molecule has 3 N–H and O–H groups in total. The number of hydrogen-bond donors (Lipinski definition) is 3. The van der Waals surface area contributed by atoms with Gasteiger partial charge in [-0.15, -0.1) is 0 Å². The zero-order chi connectivity index (χ0) is 24.5. The van der Waals surface area contributed by atoms with E-state index < -0.39 is 12.2 Å². The normalized spacial score (nSPS) is 39.5. The number of allylic oxidation sites excluding steroid dienone is 4. The summed E-state index contributed by atoms with van der Waals surface area (Å²) in [6.07, 6.45) is 20.6. The maximum absolute atomic E-state index is 10.9. The molecule has 4 aliphatic carbocycles. The van der Waals surface area contributed by atoms with Crippen LogP contribution in [-0.2, 0) is 0 Å². The highest BCUT2D eigenvalue weighted by molar-refractivity contribution is 5.38. The minimum absolute atomic E-state index is 0.173. The van der Waals surface area contributed by atoms with Crippen LogP contribution in [0.5, 0.6) is 0 Å². The second-order valence-corrected chi connectivity index (χ2v) is 12.3. The summed E-state index contributed by atoms with van der Waals surface area (Å²) in [5, 5.41) is 31.2. The van der Waals surface area contributed by atoms with Gasteiger partial charge in [0.05, 0.1) is 18.3 Å². The highest BCUT2D eigenvalue weighted by atomic mass is 16.3. The van der Waals surface area contributed by atoms with Gasteiger partial charge in [0, 0.05) is 6.42 Å². The second-order valence-electron chi connectivity index (χ2n) is 12.3. The van der Waals surface area contributed by atoms with Gasteiger partial charge in [0.25, 0.3) is 0 Å². The molecule has 0 bridgehead atoms. The van der Waals surface area contributed by atoms with Gasteiger partial charge in [0.15, 0.2) is 0 Å². The molecule has 0 amide bonds. The average Bonchev–Trinajstić information content (AvgIpc) is 3.51. The Morgan fingerprint density at radius 1 is 1.12 bits per heavy atom. The molecule has 0 saturated heterocycles. The summed E-state index contributed by atoms with van der Waals surface area (Å²) in [6.45, 7) is 11.2. The van der Waals surface area contributed by atoms with Gasteiger partial charge >= 0.3 is 0 Å². The first-order valence-electron chi connectivity index (χ1n) is 14.0. The molecule has 3 nitrogen and oxygen atoms in total. The van der Waals surface area contributed by atoms with Crippen molar-refractivity contribution in [2.45, 2.75) is 116 Å². The van der Waals surface area contributed by atoms with Crippen LogP contribution in [0.2, 0.25) is 0 Å². The molecular formula is C31H48O3. The Morgan fingerprint density at radius 2 is 1.88 bits per heavy atom. The summed E-state index contributed by atoms with van der Waals surface area (Å²) in [5.74, 6) is 1.74. The van der Waals surface area contributed by atoms with E-state index in [0.717, 1.165) is 24.0 Å². The molecule has 34 heavy (non-hydrogen) atoms. The lowest BCUT2D eigenvalue weighted by molar-refractivity contribution is 0.0862. The minimum atomic E-state index is -0.624. The fourth-order valence-electron chi connectivity index (χ4n) is 7.61. The van der Waals surface area contributed by atoms with Gasteiger partial charge in [0.1, 0.15) is 0 Å². The SMILES string of the molecule is C=C1C(=CC=C2CCC[C@]3(C)[C@@H]([C@H](C)C=C[C@H](O)C4(CCCC)CC4)CC[C@@H]23)C[C@@H](O)C[C@@H]1O. The van der Waals surface area contributed by atoms with Crippen LogP contribution >= 0.6 is 0 Å². The van der Waals surface area contributed by atoms with Crippen molar-refractivity contribution >= 4 is 0 Å². The van der Waals surface area contributed by atoms with Crippen molar-refractivity contribution < 1.29 is 15.3 Å².